The molecule has 9 nitrogen and oxygen atoms in total. The number of hydrogen-bond donors (Lipinski definition) is 2. The Morgan fingerprint density at radius 2 is 1.72 bits per heavy atom. The quantitative estimate of drug-likeness (QED) is 0.319. The van der Waals surface area contributed by atoms with E-state index in [1.54, 1.807) is 21.1 Å². The molecule has 1 unspecified atom stereocenters. The molecule has 2 N–H and O–H groups in total. The van der Waals surface area contributed by atoms with Crippen LogP contribution < -0.4 is 5.32 Å². The molecular weight excluding hydrogens is 496 g/mol. The van der Waals surface area contributed by atoms with Crippen molar-refractivity contribution < 1.29 is 23.9 Å². The van der Waals surface area contributed by atoms with Crippen LogP contribution in [-0.2, 0) is 20.7 Å². The predicted octanol–water partition coefficient (Wildman–Crippen LogP) is 4.12. The van der Waals surface area contributed by atoms with Crippen molar-refractivity contribution in [2.24, 2.45) is 5.41 Å². The summed E-state index contributed by atoms with van der Waals surface area (Å²) in [7, 11) is 3.22. The van der Waals surface area contributed by atoms with Crippen LogP contribution in [0.25, 0.3) is 11.1 Å². The highest BCUT2D eigenvalue weighted by Crippen LogP contribution is 2.27. The lowest BCUT2D eigenvalue weighted by Crippen LogP contribution is -2.42. The number of rotatable bonds is 13. The smallest absolute Gasteiger partial charge is 0.311 e. The van der Waals surface area contributed by atoms with E-state index in [0.717, 1.165) is 16.7 Å². The normalized spacial score (nSPS) is 12.0. The summed E-state index contributed by atoms with van der Waals surface area (Å²) < 4.78 is 10.3. The molecule has 1 atom stereocenters. The summed E-state index contributed by atoms with van der Waals surface area (Å²) in [6.07, 6.45) is 0.855. The Labute approximate surface area is 229 Å². The molecule has 0 spiro atoms. The zero-order valence-corrected chi connectivity index (χ0v) is 23.3. The van der Waals surface area contributed by atoms with E-state index < -0.39 is 11.3 Å². The molecule has 208 valence electrons. The van der Waals surface area contributed by atoms with Gasteiger partial charge in [-0.15, -0.1) is 0 Å². The van der Waals surface area contributed by atoms with Gasteiger partial charge in [-0.05, 0) is 50.3 Å². The van der Waals surface area contributed by atoms with Gasteiger partial charge in [0.2, 0.25) is 0 Å². The van der Waals surface area contributed by atoms with E-state index in [2.05, 4.69) is 27.6 Å². The number of carbonyl (C=O) groups excluding carboxylic acids is 3. The minimum Gasteiger partial charge on any atom is -0.466 e. The van der Waals surface area contributed by atoms with Crippen LogP contribution in [0.15, 0.2) is 60.7 Å². The Morgan fingerprint density at radius 1 is 1.05 bits per heavy atom. The van der Waals surface area contributed by atoms with E-state index in [0.29, 0.717) is 26.0 Å². The number of hydrogen-bond acceptors (Lipinski definition) is 6. The summed E-state index contributed by atoms with van der Waals surface area (Å²) in [5.41, 5.74) is 2.70. The number of nitrogens with zero attached hydrogens (tertiary/aromatic N) is 2. The molecule has 2 aromatic carbocycles. The van der Waals surface area contributed by atoms with E-state index >= 15 is 0 Å². The number of likely N-dealkylation sites (N-methyl/N-ethyl adjacent to an activating group) is 1. The van der Waals surface area contributed by atoms with Crippen LogP contribution in [0.2, 0.25) is 0 Å². The predicted molar refractivity (Wildman–Crippen MR) is 149 cm³/mol. The summed E-state index contributed by atoms with van der Waals surface area (Å²) in [4.78, 5) is 39.9. The average Bonchev–Trinajstić information content (AvgIpc) is 3.43. The molecule has 0 saturated carbocycles. The van der Waals surface area contributed by atoms with Crippen LogP contribution in [0.3, 0.4) is 0 Å². The Bertz CT molecular complexity index is 1240. The van der Waals surface area contributed by atoms with Crippen molar-refractivity contribution in [3.05, 3.63) is 77.6 Å². The Morgan fingerprint density at radius 3 is 2.36 bits per heavy atom. The van der Waals surface area contributed by atoms with Gasteiger partial charge in [0.1, 0.15) is 5.69 Å². The van der Waals surface area contributed by atoms with Gasteiger partial charge >= 0.3 is 5.97 Å². The number of amides is 2. The number of aromatic nitrogens is 2. The molecule has 9 heteroatoms. The number of benzene rings is 2. The second-order valence-electron chi connectivity index (χ2n) is 10.1. The number of H-pyrrole nitrogens is 1. The fourth-order valence-corrected chi connectivity index (χ4v) is 4.29. The van der Waals surface area contributed by atoms with Crippen molar-refractivity contribution in [1.29, 1.82) is 0 Å². The van der Waals surface area contributed by atoms with Gasteiger partial charge in [0.05, 0.1) is 18.6 Å². The zero-order valence-electron chi connectivity index (χ0n) is 23.3. The number of esters is 1. The van der Waals surface area contributed by atoms with Gasteiger partial charge in [0.15, 0.2) is 5.69 Å². The fraction of sp³-hybridized carbons (Fsp3) is 0.400. The fourth-order valence-electron chi connectivity index (χ4n) is 4.29. The number of nitrogens with one attached hydrogen (secondary N) is 2. The second-order valence-corrected chi connectivity index (χ2v) is 10.1. The molecule has 0 aliphatic heterocycles. The Kier molecular flexibility index (Phi) is 10.4. The molecule has 1 heterocycles. The lowest BCUT2D eigenvalue weighted by Gasteiger charge is -2.28. The lowest BCUT2D eigenvalue weighted by atomic mass is 9.83. The lowest BCUT2D eigenvalue weighted by molar-refractivity contribution is -0.154. The first-order chi connectivity index (χ1) is 18.6. The SMILES string of the molecule is CCOC(=O)C(C)(C)CC(Cc1ccc(-c2ccccc2)cc1)NC(=O)c1cc(C(=O)N(C)CCOC)[nH]n1. The van der Waals surface area contributed by atoms with Crippen LogP contribution in [0, 0.1) is 5.41 Å². The van der Waals surface area contributed by atoms with Crippen molar-refractivity contribution >= 4 is 17.8 Å². The van der Waals surface area contributed by atoms with E-state index in [4.69, 9.17) is 9.47 Å². The topological polar surface area (TPSA) is 114 Å². The molecule has 1 aromatic heterocycles. The van der Waals surface area contributed by atoms with Crippen molar-refractivity contribution in [3.8, 4) is 11.1 Å². The molecule has 0 aliphatic carbocycles. The van der Waals surface area contributed by atoms with Crippen molar-refractivity contribution in [2.75, 3.05) is 33.9 Å². The molecule has 0 saturated heterocycles. The summed E-state index contributed by atoms with van der Waals surface area (Å²) in [6, 6.07) is 19.3. The first kappa shape index (κ1) is 29.6. The summed E-state index contributed by atoms with van der Waals surface area (Å²) in [6.45, 7) is 6.47. The maximum absolute atomic E-state index is 13.2. The van der Waals surface area contributed by atoms with Gasteiger partial charge in [-0.1, -0.05) is 54.6 Å². The van der Waals surface area contributed by atoms with Crippen LogP contribution in [0.5, 0.6) is 0 Å². The van der Waals surface area contributed by atoms with Crippen LogP contribution in [-0.4, -0.2) is 72.8 Å². The summed E-state index contributed by atoms with van der Waals surface area (Å²) in [5.74, 6) is -1.05. The third-order valence-corrected chi connectivity index (χ3v) is 6.48. The molecule has 2 amide bonds. The minimum absolute atomic E-state index is 0.0943. The maximum atomic E-state index is 13.2. The van der Waals surface area contributed by atoms with Gasteiger partial charge in [-0.2, -0.15) is 5.10 Å². The van der Waals surface area contributed by atoms with Gasteiger partial charge < -0.3 is 19.7 Å². The molecule has 0 fully saturated rings. The second kappa shape index (κ2) is 13.7. The average molecular weight is 535 g/mol. The van der Waals surface area contributed by atoms with Crippen molar-refractivity contribution in [2.45, 2.75) is 39.7 Å². The molecule has 0 bridgehead atoms. The monoisotopic (exact) mass is 534 g/mol. The van der Waals surface area contributed by atoms with Crippen molar-refractivity contribution in [3.63, 3.8) is 0 Å². The summed E-state index contributed by atoms with van der Waals surface area (Å²) >= 11 is 0. The number of aromatic amines is 1. The first-order valence-electron chi connectivity index (χ1n) is 13.1. The van der Waals surface area contributed by atoms with E-state index in [1.807, 2.05) is 56.3 Å². The third-order valence-electron chi connectivity index (χ3n) is 6.48. The zero-order chi connectivity index (χ0) is 28.4. The minimum atomic E-state index is -0.825. The number of ether oxygens (including phenoxy) is 2. The molecule has 0 radical (unpaired) electrons. The number of methoxy groups -OCH3 is 1. The van der Waals surface area contributed by atoms with Gasteiger partial charge in [0, 0.05) is 32.8 Å². The van der Waals surface area contributed by atoms with Crippen LogP contribution in [0.4, 0.5) is 0 Å². The van der Waals surface area contributed by atoms with E-state index in [1.165, 1.54) is 11.0 Å². The largest absolute Gasteiger partial charge is 0.466 e. The number of carbonyl (C=O) groups is 3. The maximum Gasteiger partial charge on any atom is 0.311 e. The standard InChI is InChI=1S/C30H38N4O5/c1-6-39-29(37)30(2,3)20-24(18-21-12-14-23(15-13-21)22-10-8-7-9-11-22)31-27(35)25-19-26(33-32-25)28(36)34(4)16-17-38-5/h7-15,19,24H,6,16-18,20H2,1-5H3,(H,31,35)(H,32,33). The van der Waals surface area contributed by atoms with Gasteiger partial charge in [-0.25, -0.2) is 0 Å². The molecule has 0 aliphatic rings. The molecule has 39 heavy (non-hydrogen) atoms. The highest BCUT2D eigenvalue weighted by atomic mass is 16.5. The first-order valence-corrected chi connectivity index (χ1v) is 13.1. The van der Waals surface area contributed by atoms with E-state index in [-0.39, 0.29) is 35.9 Å². The van der Waals surface area contributed by atoms with E-state index in [9.17, 15) is 14.4 Å². The van der Waals surface area contributed by atoms with Gasteiger partial charge in [0.25, 0.3) is 11.8 Å². The molecule has 3 rings (SSSR count). The molecule has 3 aromatic rings. The highest BCUT2D eigenvalue weighted by Gasteiger charge is 2.33. The van der Waals surface area contributed by atoms with Gasteiger partial charge in [-0.3, -0.25) is 19.5 Å². The highest BCUT2D eigenvalue weighted by molar-refractivity contribution is 5.97. The Hall–Kier alpha value is -3.98. The third kappa shape index (κ3) is 8.25. The Balaban J connectivity index is 1.77. The van der Waals surface area contributed by atoms with Crippen LogP contribution >= 0.6 is 0 Å². The molecular formula is C30H38N4O5. The van der Waals surface area contributed by atoms with Crippen LogP contribution in [0.1, 0.15) is 53.7 Å². The van der Waals surface area contributed by atoms with Crippen molar-refractivity contribution in [1.82, 2.24) is 20.4 Å². The summed E-state index contributed by atoms with van der Waals surface area (Å²) in [5, 5.41) is 9.74.